The minimum Gasteiger partial charge on any atom is -0.444 e. The zero-order valence-corrected chi connectivity index (χ0v) is 16.7. The van der Waals surface area contributed by atoms with Crippen LogP contribution in [0.15, 0.2) is 16.6 Å². The first-order valence-electron chi connectivity index (χ1n) is 8.00. The number of carbonyl (C=O) groups is 2. The minimum atomic E-state index is -0.552. The number of hydrogen-bond acceptors (Lipinski definition) is 3. The third-order valence-electron chi connectivity index (χ3n) is 3.74. The van der Waals surface area contributed by atoms with Crippen LogP contribution in [0.1, 0.15) is 44.0 Å². The van der Waals surface area contributed by atoms with Crippen LogP contribution in [0.25, 0.3) is 0 Å². The average molecular weight is 436 g/mol. The lowest BCUT2D eigenvalue weighted by Crippen LogP contribution is -2.47. The normalized spacial score (nSPS) is 15.8. The third kappa shape index (κ3) is 5.57. The fourth-order valence-electron chi connectivity index (χ4n) is 2.56. The summed E-state index contributed by atoms with van der Waals surface area (Å²) in [5, 5.41) is 3.01. The molecular weight excluding hydrogens is 415 g/mol. The van der Waals surface area contributed by atoms with E-state index >= 15 is 0 Å². The molecule has 0 bridgehead atoms. The Bertz CT molecular complexity index is 671. The van der Waals surface area contributed by atoms with Crippen LogP contribution in [0.4, 0.5) is 9.18 Å². The van der Waals surface area contributed by atoms with E-state index in [1.165, 1.54) is 6.07 Å². The number of carbonyl (C=O) groups excluding carboxylic acids is 2. The Morgan fingerprint density at radius 2 is 1.92 bits per heavy atom. The maximum Gasteiger partial charge on any atom is 0.407 e. The number of nitrogens with zero attached hydrogens (tertiary/aromatic N) is 1. The molecule has 8 heteroatoms. The maximum atomic E-state index is 13.7. The van der Waals surface area contributed by atoms with E-state index in [-0.39, 0.29) is 27.0 Å². The Kier molecular flexibility index (Phi) is 6.32. The van der Waals surface area contributed by atoms with E-state index in [1.54, 1.807) is 25.7 Å². The summed E-state index contributed by atoms with van der Waals surface area (Å²) in [6.45, 7) is 6.30. The van der Waals surface area contributed by atoms with Gasteiger partial charge in [0.1, 0.15) is 11.4 Å². The van der Waals surface area contributed by atoms with Crippen molar-refractivity contribution in [2.45, 2.75) is 45.3 Å². The van der Waals surface area contributed by atoms with Crippen molar-refractivity contribution in [1.82, 2.24) is 10.2 Å². The molecule has 0 aromatic heterocycles. The van der Waals surface area contributed by atoms with E-state index in [9.17, 15) is 14.0 Å². The maximum absolute atomic E-state index is 13.7. The van der Waals surface area contributed by atoms with Gasteiger partial charge in [-0.2, -0.15) is 0 Å². The molecule has 1 fully saturated rings. The summed E-state index contributed by atoms with van der Waals surface area (Å²) in [6.07, 6.45) is 0.735. The second-order valence-corrected chi connectivity index (χ2v) is 8.22. The predicted molar refractivity (Wildman–Crippen MR) is 97.4 cm³/mol. The second kappa shape index (κ2) is 7.91. The zero-order valence-electron chi connectivity index (χ0n) is 14.4. The number of ether oxygens (including phenoxy) is 1. The van der Waals surface area contributed by atoms with Gasteiger partial charge in [0.25, 0.3) is 5.91 Å². The highest BCUT2D eigenvalue weighted by atomic mass is 79.9. The number of piperidine rings is 1. The highest BCUT2D eigenvalue weighted by Gasteiger charge is 2.27. The van der Waals surface area contributed by atoms with Gasteiger partial charge in [0.2, 0.25) is 0 Å². The van der Waals surface area contributed by atoms with Crippen LogP contribution >= 0.6 is 27.5 Å². The molecule has 2 rings (SSSR count). The van der Waals surface area contributed by atoms with Crippen LogP contribution < -0.4 is 5.32 Å². The van der Waals surface area contributed by atoms with Gasteiger partial charge in [-0.05, 0) is 61.7 Å². The van der Waals surface area contributed by atoms with Crippen molar-refractivity contribution in [3.63, 3.8) is 0 Å². The first-order valence-corrected chi connectivity index (χ1v) is 9.17. The summed E-state index contributed by atoms with van der Waals surface area (Å²) in [7, 11) is 0. The van der Waals surface area contributed by atoms with Crippen molar-refractivity contribution in [3.8, 4) is 0 Å². The Morgan fingerprint density at radius 1 is 1.32 bits per heavy atom. The van der Waals surface area contributed by atoms with E-state index < -0.39 is 17.5 Å². The standard InChI is InChI=1S/C17H21BrClFN2O3/c1-17(2,3)25-16(24)21-10-4-6-22(7-5-10)15(23)11-8-14(20)12(18)9-13(11)19/h8-10H,4-7H2,1-3H3,(H,21,24). The Balaban J connectivity index is 1.93. The molecule has 2 amide bonds. The van der Waals surface area contributed by atoms with Gasteiger partial charge in [0.15, 0.2) is 0 Å². The summed E-state index contributed by atoms with van der Waals surface area (Å²) < 4.78 is 19.1. The molecule has 0 saturated carbocycles. The van der Waals surface area contributed by atoms with Gasteiger partial charge in [0, 0.05) is 19.1 Å². The summed E-state index contributed by atoms with van der Waals surface area (Å²) >= 11 is 9.10. The molecular formula is C17H21BrClFN2O3. The van der Waals surface area contributed by atoms with Crippen LogP contribution in [-0.2, 0) is 4.74 Å². The lowest BCUT2D eigenvalue weighted by Gasteiger charge is -2.33. The van der Waals surface area contributed by atoms with E-state index in [4.69, 9.17) is 16.3 Å². The van der Waals surface area contributed by atoms with Crippen LogP contribution in [0, 0.1) is 5.82 Å². The molecule has 138 valence electrons. The molecule has 0 radical (unpaired) electrons. The number of halogens is 3. The third-order valence-corrected chi connectivity index (χ3v) is 4.66. The quantitative estimate of drug-likeness (QED) is 0.702. The number of rotatable bonds is 2. The molecule has 0 aliphatic carbocycles. The predicted octanol–water partition coefficient (Wildman–Crippen LogP) is 4.37. The smallest absolute Gasteiger partial charge is 0.407 e. The molecule has 0 spiro atoms. The average Bonchev–Trinajstić information content (AvgIpc) is 2.49. The van der Waals surface area contributed by atoms with Gasteiger partial charge in [-0.1, -0.05) is 11.6 Å². The molecule has 1 aliphatic heterocycles. The minimum absolute atomic E-state index is 0.0592. The molecule has 1 N–H and O–H groups in total. The van der Waals surface area contributed by atoms with Gasteiger partial charge in [-0.15, -0.1) is 0 Å². The number of alkyl carbamates (subject to hydrolysis) is 1. The van der Waals surface area contributed by atoms with Crippen molar-refractivity contribution in [2.75, 3.05) is 13.1 Å². The SMILES string of the molecule is CC(C)(C)OC(=O)NC1CCN(C(=O)c2cc(F)c(Br)cc2Cl)CC1. The van der Waals surface area contributed by atoms with Crippen LogP contribution in [0.2, 0.25) is 5.02 Å². The molecule has 1 aromatic rings. The first kappa shape index (κ1) is 20.0. The monoisotopic (exact) mass is 434 g/mol. The summed E-state index contributed by atoms with van der Waals surface area (Å²) in [6, 6.07) is 2.46. The number of benzene rings is 1. The fourth-order valence-corrected chi connectivity index (χ4v) is 3.28. The highest BCUT2D eigenvalue weighted by Crippen LogP contribution is 2.26. The van der Waals surface area contributed by atoms with Crippen LogP contribution in [0.5, 0.6) is 0 Å². The van der Waals surface area contributed by atoms with Gasteiger partial charge in [-0.3, -0.25) is 4.79 Å². The van der Waals surface area contributed by atoms with E-state index in [1.807, 2.05) is 0 Å². The Morgan fingerprint density at radius 3 is 2.48 bits per heavy atom. The van der Waals surface area contributed by atoms with Crippen molar-refractivity contribution in [1.29, 1.82) is 0 Å². The van der Waals surface area contributed by atoms with Crippen molar-refractivity contribution in [3.05, 3.63) is 33.0 Å². The lowest BCUT2D eigenvalue weighted by atomic mass is 10.0. The van der Waals surface area contributed by atoms with Crippen LogP contribution in [-0.4, -0.2) is 41.6 Å². The van der Waals surface area contributed by atoms with Crippen molar-refractivity contribution >= 4 is 39.5 Å². The Labute approximate surface area is 160 Å². The molecule has 1 aliphatic rings. The van der Waals surface area contributed by atoms with E-state index in [2.05, 4.69) is 21.2 Å². The van der Waals surface area contributed by atoms with Crippen LogP contribution in [0.3, 0.4) is 0 Å². The van der Waals surface area contributed by atoms with E-state index in [0.29, 0.717) is 25.9 Å². The number of amides is 2. The number of hydrogen-bond donors (Lipinski definition) is 1. The topological polar surface area (TPSA) is 58.6 Å². The highest BCUT2D eigenvalue weighted by molar-refractivity contribution is 9.10. The van der Waals surface area contributed by atoms with Gasteiger partial charge in [0.05, 0.1) is 15.1 Å². The Hall–Kier alpha value is -1.34. The van der Waals surface area contributed by atoms with E-state index in [0.717, 1.165) is 6.07 Å². The first-order chi connectivity index (χ1) is 11.6. The van der Waals surface area contributed by atoms with Gasteiger partial charge < -0.3 is 15.0 Å². The summed E-state index contributed by atoms with van der Waals surface area (Å²) in [4.78, 5) is 26.0. The van der Waals surface area contributed by atoms with Crippen molar-refractivity contribution in [2.24, 2.45) is 0 Å². The molecule has 0 unspecified atom stereocenters. The summed E-state index contributed by atoms with van der Waals surface area (Å²) in [5.74, 6) is -0.846. The molecule has 0 atom stereocenters. The molecule has 1 aromatic carbocycles. The number of nitrogens with one attached hydrogen (secondary N) is 1. The van der Waals surface area contributed by atoms with Gasteiger partial charge >= 0.3 is 6.09 Å². The van der Waals surface area contributed by atoms with Crippen molar-refractivity contribution < 1.29 is 18.7 Å². The second-order valence-electron chi connectivity index (χ2n) is 6.96. The summed E-state index contributed by atoms with van der Waals surface area (Å²) in [5.41, 5.74) is -0.413. The number of likely N-dealkylation sites (tertiary alicyclic amines) is 1. The molecule has 1 saturated heterocycles. The lowest BCUT2D eigenvalue weighted by molar-refractivity contribution is 0.0473. The largest absolute Gasteiger partial charge is 0.444 e. The molecule has 25 heavy (non-hydrogen) atoms. The van der Waals surface area contributed by atoms with Gasteiger partial charge in [-0.25, -0.2) is 9.18 Å². The molecule has 1 heterocycles. The molecule has 5 nitrogen and oxygen atoms in total. The fraction of sp³-hybridized carbons (Fsp3) is 0.529. The zero-order chi connectivity index (χ0) is 18.8.